The number of amides is 3. The Morgan fingerprint density at radius 2 is 1.82 bits per heavy atom. The second-order valence-electron chi connectivity index (χ2n) is 6.66. The minimum Gasteiger partial charge on any atom is -0.496 e. The molecule has 2 aliphatic heterocycles. The third-order valence-corrected chi connectivity index (χ3v) is 5.17. The molecule has 2 fully saturated rings. The minimum absolute atomic E-state index is 0. The molecule has 1 atom stereocenters. The van der Waals surface area contributed by atoms with E-state index < -0.39 is 11.8 Å². The first-order valence-corrected chi connectivity index (χ1v) is 9.28. The fourth-order valence-electron chi connectivity index (χ4n) is 3.64. The lowest BCUT2D eigenvalue weighted by atomic mass is 10.0. The zero-order valence-electron chi connectivity index (χ0n) is 16.2. The second-order valence-corrected chi connectivity index (χ2v) is 6.66. The van der Waals surface area contributed by atoms with Gasteiger partial charge in [0.1, 0.15) is 12.3 Å². The first kappa shape index (κ1) is 22.0. The van der Waals surface area contributed by atoms with Crippen molar-refractivity contribution in [1.29, 1.82) is 0 Å². The van der Waals surface area contributed by atoms with Crippen molar-refractivity contribution in [1.82, 2.24) is 20.0 Å². The number of nitrogens with zero attached hydrogens (tertiary/aromatic N) is 3. The summed E-state index contributed by atoms with van der Waals surface area (Å²) < 4.78 is 5.45. The molecule has 0 radical (unpaired) electrons. The number of ether oxygens (including phenoxy) is 1. The molecule has 2 heterocycles. The van der Waals surface area contributed by atoms with Crippen molar-refractivity contribution in [3.63, 3.8) is 0 Å². The number of piperazine rings is 2. The summed E-state index contributed by atoms with van der Waals surface area (Å²) in [4.78, 5) is 42.0. The van der Waals surface area contributed by atoms with Crippen LogP contribution in [0.2, 0.25) is 0 Å². The molecular weight excluding hydrogens is 384 g/mol. The molecule has 1 unspecified atom stereocenters. The number of benzene rings is 1. The highest BCUT2D eigenvalue weighted by Crippen LogP contribution is 2.30. The maximum absolute atomic E-state index is 13.0. The van der Waals surface area contributed by atoms with Gasteiger partial charge in [0, 0.05) is 44.8 Å². The van der Waals surface area contributed by atoms with Gasteiger partial charge in [0.15, 0.2) is 0 Å². The van der Waals surface area contributed by atoms with Crippen LogP contribution in [0.15, 0.2) is 24.3 Å². The smallest absolute Gasteiger partial charge is 0.312 e. The number of para-hydroxylation sites is 1. The van der Waals surface area contributed by atoms with Crippen LogP contribution in [-0.2, 0) is 14.4 Å². The first-order valence-electron chi connectivity index (χ1n) is 9.28. The van der Waals surface area contributed by atoms with Crippen LogP contribution in [-0.4, -0.2) is 85.3 Å². The van der Waals surface area contributed by atoms with E-state index in [4.69, 9.17) is 4.74 Å². The summed E-state index contributed by atoms with van der Waals surface area (Å²) in [6.45, 7) is 4.95. The van der Waals surface area contributed by atoms with E-state index in [1.165, 1.54) is 9.80 Å². The Balaban J connectivity index is 0.00000280. The lowest BCUT2D eigenvalue weighted by Gasteiger charge is -2.39. The highest BCUT2D eigenvalue weighted by Gasteiger charge is 2.35. The lowest BCUT2D eigenvalue weighted by Crippen LogP contribution is -2.58. The van der Waals surface area contributed by atoms with Crippen LogP contribution in [0.5, 0.6) is 5.75 Å². The number of carbonyl (C=O) groups excluding carboxylic acids is 3. The van der Waals surface area contributed by atoms with Crippen LogP contribution in [0.4, 0.5) is 0 Å². The zero-order valence-corrected chi connectivity index (χ0v) is 17.0. The van der Waals surface area contributed by atoms with Crippen LogP contribution in [0, 0.1) is 0 Å². The number of methoxy groups -OCH3 is 1. The molecule has 3 rings (SSSR count). The number of halogens is 1. The molecule has 3 amide bonds. The molecule has 0 aromatic heterocycles. The van der Waals surface area contributed by atoms with Gasteiger partial charge in [-0.25, -0.2) is 0 Å². The van der Waals surface area contributed by atoms with Crippen molar-refractivity contribution >= 4 is 30.1 Å². The van der Waals surface area contributed by atoms with Crippen LogP contribution in [0.1, 0.15) is 18.5 Å². The van der Waals surface area contributed by atoms with E-state index in [0.717, 1.165) is 11.3 Å². The van der Waals surface area contributed by atoms with Crippen LogP contribution >= 0.6 is 12.4 Å². The molecule has 154 valence electrons. The van der Waals surface area contributed by atoms with E-state index in [-0.39, 0.29) is 30.9 Å². The van der Waals surface area contributed by atoms with Gasteiger partial charge in [-0.3, -0.25) is 14.4 Å². The molecule has 28 heavy (non-hydrogen) atoms. The van der Waals surface area contributed by atoms with Crippen LogP contribution in [0.3, 0.4) is 0 Å². The van der Waals surface area contributed by atoms with E-state index in [9.17, 15) is 14.4 Å². The molecule has 0 aliphatic carbocycles. The highest BCUT2D eigenvalue weighted by atomic mass is 35.5. The van der Waals surface area contributed by atoms with Gasteiger partial charge in [-0.15, -0.1) is 12.4 Å². The van der Waals surface area contributed by atoms with Crippen LogP contribution < -0.4 is 10.1 Å². The molecule has 0 spiro atoms. The summed E-state index contributed by atoms with van der Waals surface area (Å²) in [5.41, 5.74) is 0.929. The maximum Gasteiger partial charge on any atom is 0.312 e. The van der Waals surface area contributed by atoms with Gasteiger partial charge in [-0.1, -0.05) is 18.2 Å². The van der Waals surface area contributed by atoms with Gasteiger partial charge in [0.2, 0.25) is 5.91 Å². The molecule has 8 nitrogen and oxygen atoms in total. The Hall–Kier alpha value is -2.32. The van der Waals surface area contributed by atoms with Crippen molar-refractivity contribution in [2.24, 2.45) is 0 Å². The van der Waals surface area contributed by atoms with Crippen molar-refractivity contribution in [3.8, 4) is 5.75 Å². The van der Waals surface area contributed by atoms with Gasteiger partial charge in [-0.2, -0.15) is 0 Å². The van der Waals surface area contributed by atoms with Gasteiger partial charge in [0.25, 0.3) is 0 Å². The third kappa shape index (κ3) is 4.39. The number of likely N-dealkylation sites (N-methyl/N-ethyl adjacent to an activating group) is 1. The molecule has 1 N–H and O–H groups in total. The molecular formula is C19H27ClN4O4. The van der Waals surface area contributed by atoms with E-state index in [0.29, 0.717) is 39.3 Å². The summed E-state index contributed by atoms with van der Waals surface area (Å²) in [6, 6.07) is 7.46. The summed E-state index contributed by atoms with van der Waals surface area (Å²) in [5.74, 6) is -0.552. The summed E-state index contributed by atoms with van der Waals surface area (Å²) in [7, 11) is 1.61. The molecule has 9 heteroatoms. The van der Waals surface area contributed by atoms with Gasteiger partial charge in [0.05, 0.1) is 13.2 Å². The summed E-state index contributed by atoms with van der Waals surface area (Å²) >= 11 is 0. The molecule has 2 aliphatic rings. The second kappa shape index (κ2) is 9.75. The Kier molecular flexibility index (Phi) is 7.65. The van der Waals surface area contributed by atoms with Gasteiger partial charge >= 0.3 is 11.8 Å². The quantitative estimate of drug-likeness (QED) is 0.705. The fourth-order valence-corrected chi connectivity index (χ4v) is 3.64. The Morgan fingerprint density at radius 3 is 2.54 bits per heavy atom. The fraction of sp³-hybridized carbons (Fsp3) is 0.526. The normalized spacial score (nSPS) is 20.1. The predicted octanol–water partition coefficient (Wildman–Crippen LogP) is 0.281. The van der Waals surface area contributed by atoms with Gasteiger partial charge in [-0.05, 0) is 13.0 Å². The van der Waals surface area contributed by atoms with Crippen molar-refractivity contribution in [2.45, 2.75) is 13.0 Å². The standard InChI is InChI=1S/C19H26N4O4.ClH/c1-3-21-10-11-22(19(26)18(21)25)13-17(24)23-9-8-20-12-15(23)14-6-4-5-7-16(14)27-2;/h4-7,15,20H,3,8-13H2,1-2H3;1H. The number of nitrogens with one attached hydrogen (secondary N) is 1. The molecule has 0 saturated carbocycles. The third-order valence-electron chi connectivity index (χ3n) is 5.17. The van der Waals surface area contributed by atoms with Gasteiger partial charge < -0.3 is 24.8 Å². The topological polar surface area (TPSA) is 82.2 Å². The first-order chi connectivity index (χ1) is 13.1. The van der Waals surface area contributed by atoms with E-state index in [2.05, 4.69) is 5.32 Å². The largest absolute Gasteiger partial charge is 0.496 e. The molecule has 1 aromatic rings. The van der Waals surface area contributed by atoms with E-state index >= 15 is 0 Å². The van der Waals surface area contributed by atoms with Crippen molar-refractivity contribution in [2.75, 3.05) is 52.9 Å². The Bertz CT molecular complexity index is 730. The monoisotopic (exact) mass is 410 g/mol. The number of rotatable bonds is 5. The van der Waals surface area contributed by atoms with Crippen LogP contribution in [0.25, 0.3) is 0 Å². The number of hydrogen-bond donors (Lipinski definition) is 1. The highest BCUT2D eigenvalue weighted by molar-refractivity contribution is 6.35. The maximum atomic E-state index is 13.0. The predicted molar refractivity (Wildman–Crippen MR) is 106 cm³/mol. The lowest BCUT2D eigenvalue weighted by molar-refractivity contribution is -0.158. The SMILES string of the molecule is CCN1CCN(CC(=O)N2CCNCC2c2ccccc2OC)C(=O)C1=O.Cl. The Morgan fingerprint density at radius 1 is 1.14 bits per heavy atom. The minimum atomic E-state index is -0.597. The zero-order chi connectivity index (χ0) is 19.4. The van der Waals surface area contributed by atoms with Crippen molar-refractivity contribution < 1.29 is 19.1 Å². The molecule has 2 saturated heterocycles. The molecule has 1 aromatic carbocycles. The van der Waals surface area contributed by atoms with E-state index in [1.807, 2.05) is 31.2 Å². The summed E-state index contributed by atoms with van der Waals surface area (Å²) in [5, 5.41) is 3.31. The number of hydrogen-bond acceptors (Lipinski definition) is 5. The van der Waals surface area contributed by atoms with E-state index in [1.54, 1.807) is 12.0 Å². The average Bonchev–Trinajstić information content (AvgIpc) is 2.71. The Labute approximate surface area is 171 Å². The van der Waals surface area contributed by atoms with Crippen molar-refractivity contribution in [3.05, 3.63) is 29.8 Å². The molecule has 0 bridgehead atoms. The average molecular weight is 411 g/mol. The number of carbonyl (C=O) groups is 3. The summed E-state index contributed by atoms with van der Waals surface area (Å²) in [6.07, 6.45) is 0.